The summed E-state index contributed by atoms with van der Waals surface area (Å²) in [6.07, 6.45) is -1.05. The largest absolute Gasteiger partial charge is 0.419 e. The average molecular weight is 448 g/mol. The van der Waals surface area contributed by atoms with E-state index >= 15 is 0 Å². The van der Waals surface area contributed by atoms with E-state index in [2.05, 4.69) is 44.7 Å². The molecule has 3 heterocycles. The summed E-state index contributed by atoms with van der Waals surface area (Å²) < 4.78 is 40.3. The van der Waals surface area contributed by atoms with Crippen LogP contribution in [-0.4, -0.2) is 38.7 Å². The molecule has 1 aromatic carbocycles. The number of aryl methyl sites for hydroxylation is 2. The first-order valence-corrected chi connectivity index (χ1v) is 10.7. The maximum atomic E-state index is 12.7. The molecular formula is C22H28F3N7. The number of aromatic nitrogens is 4. The molecule has 10 heteroatoms. The van der Waals surface area contributed by atoms with Crippen molar-refractivity contribution >= 4 is 28.6 Å². The van der Waals surface area contributed by atoms with Crippen LogP contribution in [0.15, 0.2) is 18.5 Å². The number of fused-ring (bicyclic) bond motifs is 1. The molecule has 0 bridgehead atoms. The number of nitrogen functional groups attached to an aromatic ring is 1. The van der Waals surface area contributed by atoms with Gasteiger partial charge in [0, 0.05) is 49.8 Å². The maximum Gasteiger partial charge on any atom is 0.419 e. The molecule has 3 N–H and O–H groups in total. The summed E-state index contributed by atoms with van der Waals surface area (Å²) in [6.45, 7) is 7.74. The first kappa shape index (κ1) is 22.2. The number of nitrogens with one attached hydrogen (secondary N) is 1. The van der Waals surface area contributed by atoms with Crippen molar-refractivity contribution < 1.29 is 13.2 Å². The molecule has 4 rings (SSSR count). The molecule has 1 atom stereocenters. The van der Waals surface area contributed by atoms with Crippen LogP contribution in [0.5, 0.6) is 0 Å². The summed E-state index contributed by atoms with van der Waals surface area (Å²) >= 11 is 0. The lowest BCUT2D eigenvalue weighted by atomic mass is 9.97. The number of anilines is 3. The highest BCUT2D eigenvalue weighted by Gasteiger charge is 2.31. The van der Waals surface area contributed by atoms with Crippen LogP contribution in [0.4, 0.5) is 30.8 Å². The van der Waals surface area contributed by atoms with Crippen molar-refractivity contribution in [1.82, 2.24) is 19.5 Å². The second-order valence-corrected chi connectivity index (χ2v) is 8.72. The molecule has 1 fully saturated rings. The molecule has 1 unspecified atom stereocenters. The predicted molar refractivity (Wildman–Crippen MR) is 120 cm³/mol. The number of hydrogen-bond acceptors (Lipinski definition) is 6. The molecule has 0 radical (unpaired) electrons. The van der Waals surface area contributed by atoms with Crippen molar-refractivity contribution in [2.24, 2.45) is 7.05 Å². The fourth-order valence-electron chi connectivity index (χ4n) is 4.28. The smallest absolute Gasteiger partial charge is 0.398 e. The lowest BCUT2D eigenvalue weighted by Gasteiger charge is -2.33. The van der Waals surface area contributed by atoms with Crippen LogP contribution in [0.3, 0.4) is 0 Å². The Morgan fingerprint density at radius 3 is 2.53 bits per heavy atom. The molecule has 0 amide bonds. The van der Waals surface area contributed by atoms with Gasteiger partial charge in [-0.15, -0.1) is 0 Å². The van der Waals surface area contributed by atoms with Gasteiger partial charge in [-0.25, -0.2) is 15.0 Å². The van der Waals surface area contributed by atoms with Gasteiger partial charge in [0.25, 0.3) is 0 Å². The standard InChI is InChI=1S/C22H28F3N7/c1-12(2)16-8-17-19(13(3)18(16)26)30-21(31(17)4)32-7-5-6-15(11-32)29-20-27-9-14(10-28-20)22(23,24)25/h8-10,12,15H,5-7,11,26H2,1-4H3,(H,27,28,29). The minimum absolute atomic E-state index is 0.00214. The van der Waals surface area contributed by atoms with Crippen LogP contribution in [0.2, 0.25) is 0 Å². The number of nitrogens with two attached hydrogens (primary N) is 1. The van der Waals surface area contributed by atoms with Gasteiger partial charge >= 0.3 is 6.18 Å². The second kappa shape index (κ2) is 8.14. The van der Waals surface area contributed by atoms with E-state index in [0.29, 0.717) is 12.5 Å². The van der Waals surface area contributed by atoms with Crippen molar-refractivity contribution in [1.29, 1.82) is 0 Å². The Hall–Kier alpha value is -3.04. The van der Waals surface area contributed by atoms with E-state index in [1.54, 1.807) is 0 Å². The zero-order valence-corrected chi connectivity index (χ0v) is 18.7. The van der Waals surface area contributed by atoms with Gasteiger partial charge in [-0.2, -0.15) is 13.2 Å². The molecule has 2 aromatic heterocycles. The minimum atomic E-state index is -4.45. The molecule has 1 saturated heterocycles. The summed E-state index contributed by atoms with van der Waals surface area (Å²) in [5, 5.41) is 3.17. The third-order valence-electron chi connectivity index (χ3n) is 6.12. The van der Waals surface area contributed by atoms with Crippen molar-refractivity contribution in [3.63, 3.8) is 0 Å². The molecule has 0 aliphatic carbocycles. The molecule has 0 spiro atoms. The number of imidazole rings is 1. The molecule has 1 aliphatic rings. The third-order valence-corrected chi connectivity index (χ3v) is 6.12. The van der Waals surface area contributed by atoms with E-state index in [1.165, 1.54) is 0 Å². The Bertz CT molecular complexity index is 1120. The second-order valence-electron chi connectivity index (χ2n) is 8.72. The molecule has 7 nitrogen and oxygen atoms in total. The van der Waals surface area contributed by atoms with Gasteiger partial charge in [0.05, 0.1) is 16.6 Å². The van der Waals surface area contributed by atoms with E-state index in [1.807, 2.05) is 14.0 Å². The van der Waals surface area contributed by atoms with Gasteiger partial charge in [-0.1, -0.05) is 13.8 Å². The highest BCUT2D eigenvalue weighted by molar-refractivity contribution is 5.88. The van der Waals surface area contributed by atoms with E-state index in [9.17, 15) is 13.2 Å². The van der Waals surface area contributed by atoms with Gasteiger partial charge in [0.2, 0.25) is 11.9 Å². The molecule has 3 aromatic rings. The Labute approximate surface area is 184 Å². The average Bonchev–Trinajstić information content (AvgIpc) is 3.07. The highest BCUT2D eigenvalue weighted by atomic mass is 19.4. The topological polar surface area (TPSA) is 84.9 Å². The van der Waals surface area contributed by atoms with Gasteiger partial charge in [-0.05, 0) is 37.3 Å². The van der Waals surface area contributed by atoms with Gasteiger partial charge in [-0.3, -0.25) is 0 Å². The van der Waals surface area contributed by atoms with Crippen LogP contribution >= 0.6 is 0 Å². The molecule has 0 saturated carbocycles. The van der Waals surface area contributed by atoms with Crippen molar-refractivity contribution in [2.75, 3.05) is 29.0 Å². The molecule has 172 valence electrons. The summed E-state index contributed by atoms with van der Waals surface area (Å²) in [5.41, 5.74) is 10.3. The number of piperidine rings is 1. The molecular weight excluding hydrogens is 419 g/mol. The van der Waals surface area contributed by atoms with Crippen molar-refractivity contribution in [3.05, 3.63) is 35.2 Å². The van der Waals surface area contributed by atoms with Gasteiger partial charge in [0.15, 0.2) is 0 Å². The summed E-state index contributed by atoms with van der Waals surface area (Å²) in [5.74, 6) is 1.35. The number of hydrogen-bond donors (Lipinski definition) is 2. The zero-order valence-electron chi connectivity index (χ0n) is 18.7. The molecule has 1 aliphatic heterocycles. The Balaban J connectivity index is 1.57. The first-order chi connectivity index (χ1) is 15.1. The number of nitrogens with zero attached hydrogens (tertiary/aromatic N) is 5. The predicted octanol–water partition coefficient (Wildman–Crippen LogP) is 4.48. The monoisotopic (exact) mass is 447 g/mol. The quantitative estimate of drug-likeness (QED) is 0.574. The van der Waals surface area contributed by atoms with Crippen molar-refractivity contribution in [2.45, 2.75) is 51.7 Å². The minimum Gasteiger partial charge on any atom is -0.398 e. The Morgan fingerprint density at radius 1 is 1.22 bits per heavy atom. The lowest BCUT2D eigenvalue weighted by Crippen LogP contribution is -2.43. The Kier molecular flexibility index (Phi) is 5.64. The van der Waals surface area contributed by atoms with Crippen LogP contribution in [0.25, 0.3) is 11.0 Å². The fourth-order valence-corrected chi connectivity index (χ4v) is 4.28. The summed E-state index contributed by atoms with van der Waals surface area (Å²) in [7, 11) is 2.00. The van der Waals surface area contributed by atoms with Crippen LogP contribution < -0.4 is 16.0 Å². The fraction of sp³-hybridized carbons (Fsp3) is 0.500. The normalized spacial score (nSPS) is 17.4. The lowest BCUT2D eigenvalue weighted by molar-refractivity contribution is -0.138. The number of halogens is 3. The van der Waals surface area contributed by atoms with Crippen LogP contribution in [0, 0.1) is 6.92 Å². The summed E-state index contributed by atoms with van der Waals surface area (Å²) in [4.78, 5) is 14.8. The van der Waals surface area contributed by atoms with Crippen LogP contribution in [-0.2, 0) is 13.2 Å². The zero-order chi connectivity index (χ0) is 23.2. The number of alkyl halides is 3. The van der Waals surface area contributed by atoms with E-state index in [-0.39, 0.29) is 12.0 Å². The number of benzene rings is 1. The van der Waals surface area contributed by atoms with E-state index in [0.717, 1.165) is 65.6 Å². The number of rotatable bonds is 4. The third kappa shape index (κ3) is 4.05. The van der Waals surface area contributed by atoms with Crippen molar-refractivity contribution in [3.8, 4) is 0 Å². The Morgan fingerprint density at radius 2 is 1.91 bits per heavy atom. The van der Waals surface area contributed by atoms with Gasteiger partial charge < -0.3 is 20.5 Å². The first-order valence-electron chi connectivity index (χ1n) is 10.7. The molecule has 32 heavy (non-hydrogen) atoms. The van der Waals surface area contributed by atoms with Crippen LogP contribution in [0.1, 0.15) is 49.3 Å². The van der Waals surface area contributed by atoms with Gasteiger partial charge in [0.1, 0.15) is 0 Å². The maximum absolute atomic E-state index is 12.7. The highest BCUT2D eigenvalue weighted by Crippen LogP contribution is 2.34. The summed E-state index contributed by atoms with van der Waals surface area (Å²) in [6, 6.07) is 2.12. The SMILES string of the molecule is Cc1c(N)c(C(C)C)cc2c1nc(N1CCCC(Nc3ncc(C(F)(F)F)cn3)C1)n2C. The van der Waals surface area contributed by atoms with E-state index in [4.69, 9.17) is 10.7 Å². The van der Waals surface area contributed by atoms with E-state index < -0.39 is 11.7 Å².